The maximum atomic E-state index is 12.8. The Hall–Kier alpha value is -0.760. The van der Waals surface area contributed by atoms with E-state index in [0.717, 1.165) is 32.1 Å². The quantitative estimate of drug-likeness (QED) is 0.0197. The lowest BCUT2D eigenvalue weighted by Crippen LogP contribution is -2.37. The molecule has 0 aliphatic carbocycles. The lowest BCUT2D eigenvalue weighted by Gasteiger charge is -2.28. The van der Waals surface area contributed by atoms with Gasteiger partial charge in [0.2, 0.25) is 0 Å². The topological polar surface area (TPSA) is 94.1 Å². The first-order chi connectivity index (χ1) is 32.6. The molecule has 0 rings (SSSR count). The number of likely N-dealkylation sites (N-methyl/N-ethyl adjacent to an activating group) is 1. The summed E-state index contributed by atoms with van der Waals surface area (Å²) in [5.41, 5.74) is 0. The van der Waals surface area contributed by atoms with Crippen molar-refractivity contribution >= 4 is 13.8 Å². The van der Waals surface area contributed by atoms with Crippen LogP contribution in [0.25, 0.3) is 0 Å². The molecule has 0 aliphatic rings. The molecule has 0 heterocycles. The van der Waals surface area contributed by atoms with Crippen molar-refractivity contribution in [3.8, 4) is 0 Å². The number of ether oxygens (including phenoxy) is 2. The van der Waals surface area contributed by atoms with Crippen LogP contribution in [0, 0.1) is 0 Å². The minimum absolute atomic E-state index is 0.0303. The maximum Gasteiger partial charge on any atom is 0.306 e. The van der Waals surface area contributed by atoms with Crippen LogP contribution in [-0.4, -0.2) is 70.7 Å². The Labute approximate surface area is 418 Å². The SMILES string of the molecule is CCCCCCCCCC/C=C\CCCCCCCCCCCCCCCC(=O)OC(COCCCCCCCCCCCCCCCCCCCCCC)COP(=O)([O-])OCC[N+](C)(C)C. The zero-order valence-corrected chi connectivity index (χ0v) is 46.5. The molecule has 2 atom stereocenters. The Kier molecular flexibility index (Phi) is 51.0. The summed E-state index contributed by atoms with van der Waals surface area (Å²) in [5.74, 6) is -0.326. The Morgan fingerprint density at radius 2 is 0.776 bits per heavy atom. The summed E-state index contributed by atoms with van der Waals surface area (Å²) >= 11 is 0. The van der Waals surface area contributed by atoms with E-state index in [1.165, 1.54) is 244 Å². The van der Waals surface area contributed by atoms with E-state index in [2.05, 4.69) is 26.0 Å². The van der Waals surface area contributed by atoms with Crippen molar-refractivity contribution in [2.75, 3.05) is 54.1 Å². The summed E-state index contributed by atoms with van der Waals surface area (Å²) in [6.07, 6.45) is 61.1. The van der Waals surface area contributed by atoms with Crippen molar-refractivity contribution in [1.82, 2.24) is 0 Å². The summed E-state index contributed by atoms with van der Waals surface area (Å²) in [6.45, 7) is 5.50. The van der Waals surface area contributed by atoms with Crippen LogP contribution in [0.15, 0.2) is 12.2 Å². The number of quaternary nitrogens is 1. The van der Waals surface area contributed by atoms with Crippen LogP contribution in [0.3, 0.4) is 0 Å². The molecule has 400 valence electrons. The predicted octanol–water partition coefficient (Wildman–Crippen LogP) is 17.9. The second-order valence-electron chi connectivity index (χ2n) is 21.4. The van der Waals surface area contributed by atoms with Gasteiger partial charge in [-0.25, -0.2) is 0 Å². The molecule has 0 bridgehead atoms. The molecule has 0 aromatic carbocycles. The van der Waals surface area contributed by atoms with Gasteiger partial charge >= 0.3 is 5.97 Å². The Balaban J connectivity index is 4.01. The lowest BCUT2D eigenvalue weighted by atomic mass is 10.0. The molecule has 9 heteroatoms. The minimum atomic E-state index is -4.53. The number of carbonyl (C=O) groups is 1. The molecule has 0 radical (unpaired) electrons. The fourth-order valence-electron chi connectivity index (χ4n) is 8.78. The van der Waals surface area contributed by atoms with Gasteiger partial charge in [-0.05, 0) is 38.5 Å². The first kappa shape index (κ1) is 66.2. The van der Waals surface area contributed by atoms with Gasteiger partial charge in [0.25, 0.3) is 7.82 Å². The first-order valence-corrected chi connectivity index (χ1v) is 30.9. The normalized spacial score (nSPS) is 13.5. The maximum absolute atomic E-state index is 12.8. The van der Waals surface area contributed by atoms with Crippen LogP contribution in [0.1, 0.15) is 296 Å². The standard InChI is InChI=1S/C58H116NO7P/c1-6-8-10-12-14-16-18-20-22-24-26-28-29-30-31-32-33-35-37-39-41-43-45-47-49-51-58(60)66-57(56-65-67(61,62)64-54-52-59(3,4)5)55-63-53-50-48-46-44-42-40-38-36-34-27-25-23-21-19-17-15-13-11-9-7-2/h24,26,57H,6-23,25,27-56H2,1-5H3/b26-24-. The molecule has 0 aliphatic heterocycles. The zero-order chi connectivity index (χ0) is 49.0. The van der Waals surface area contributed by atoms with Gasteiger partial charge in [-0.3, -0.25) is 9.36 Å². The Morgan fingerprint density at radius 1 is 0.448 bits per heavy atom. The largest absolute Gasteiger partial charge is 0.756 e. The first-order valence-electron chi connectivity index (χ1n) is 29.4. The third-order valence-electron chi connectivity index (χ3n) is 13.3. The van der Waals surface area contributed by atoms with Crippen LogP contribution in [0.4, 0.5) is 0 Å². The number of nitrogens with zero attached hydrogens (tertiary/aromatic N) is 1. The number of rotatable bonds is 56. The van der Waals surface area contributed by atoms with Crippen molar-refractivity contribution in [3.05, 3.63) is 12.2 Å². The number of phosphoric ester groups is 1. The number of phosphoric acid groups is 1. The molecule has 67 heavy (non-hydrogen) atoms. The molecule has 0 amide bonds. The Bertz CT molecular complexity index is 1080. The average Bonchev–Trinajstić information content (AvgIpc) is 3.29. The fourth-order valence-corrected chi connectivity index (χ4v) is 9.51. The number of allylic oxidation sites excluding steroid dienone is 2. The summed E-state index contributed by atoms with van der Waals surface area (Å²) in [4.78, 5) is 25.3. The van der Waals surface area contributed by atoms with Crippen LogP contribution in [0.2, 0.25) is 0 Å². The molecule has 0 aromatic heterocycles. The van der Waals surface area contributed by atoms with Crippen LogP contribution < -0.4 is 4.89 Å². The van der Waals surface area contributed by atoms with Crippen molar-refractivity contribution in [2.45, 2.75) is 302 Å². The third kappa shape index (κ3) is 56.0. The highest BCUT2D eigenvalue weighted by molar-refractivity contribution is 7.45. The van der Waals surface area contributed by atoms with Crippen molar-refractivity contribution in [3.63, 3.8) is 0 Å². The van der Waals surface area contributed by atoms with Gasteiger partial charge in [-0.2, -0.15) is 0 Å². The van der Waals surface area contributed by atoms with E-state index in [-0.39, 0.29) is 25.8 Å². The summed E-state index contributed by atoms with van der Waals surface area (Å²) in [6, 6.07) is 0. The number of esters is 1. The number of hydrogen-bond acceptors (Lipinski definition) is 7. The molecule has 8 nitrogen and oxygen atoms in total. The average molecular weight is 971 g/mol. The van der Waals surface area contributed by atoms with E-state index in [1.54, 1.807) is 0 Å². The highest BCUT2D eigenvalue weighted by Crippen LogP contribution is 2.38. The highest BCUT2D eigenvalue weighted by Gasteiger charge is 2.20. The van der Waals surface area contributed by atoms with Crippen molar-refractivity contribution in [2.24, 2.45) is 0 Å². The molecule has 0 fully saturated rings. The van der Waals surface area contributed by atoms with Crippen LogP contribution in [-0.2, 0) is 27.9 Å². The van der Waals surface area contributed by atoms with E-state index < -0.39 is 13.9 Å². The van der Waals surface area contributed by atoms with E-state index in [4.69, 9.17) is 18.5 Å². The smallest absolute Gasteiger partial charge is 0.306 e. The summed E-state index contributed by atoms with van der Waals surface area (Å²) in [7, 11) is 1.38. The molecule has 0 saturated heterocycles. The highest BCUT2D eigenvalue weighted by atomic mass is 31.2. The van der Waals surface area contributed by atoms with Crippen LogP contribution in [0.5, 0.6) is 0 Å². The van der Waals surface area contributed by atoms with E-state index in [0.29, 0.717) is 24.1 Å². The van der Waals surface area contributed by atoms with Gasteiger partial charge in [-0.1, -0.05) is 264 Å². The number of hydrogen-bond donors (Lipinski definition) is 0. The van der Waals surface area contributed by atoms with Gasteiger partial charge in [0, 0.05) is 13.0 Å². The summed E-state index contributed by atoms with van der Waals surface area (Å²) in [5, 5.41) is 0. The van der Waals surface area contributed by atoms with Crippen LogP contribution >= 0.6 is 7.82 Å². The monoisotopic (exact) mass is 970 g/mol. The Morgan fingerprint density at radius 3 is 1.13 bits per heavy atom. The van der Waals surface area contributed by atoms with Crippen molar-refractivity contribution < 1.29 is 37.3 Å². The van der Waals surface area contributed by atoms with E-state index >= 15 is 0 Å². The van der Waals surface area contributed by atoms with Gasteiger partial charge in [0.05, 0.1) is 34.4 Å². The second-order valence-corrected chi connectivity index (χ2v) is 22.8. The molecule has 0 saturated carbocycles. The second kappa shape index (κ2) is 51.6. The van der Waals surface area contributed by atoms with Gasteiger partial charge in [-0.15, -0.1) is 0 Å². The number of carbonyl (C=O) groups excluding carboxylic acids is 1. The molecule has 2 unspecified atom stereocenters. The predicted molar refractivity (Wildman–Crippen MR) is 287 cm³/mol. The molecular weight excluding hydrogens is 854 g/mol. The van der Waals surface area contributed by atoms with Crippen molar-refractivity contribution in [1.29, 1.82) is 0 Å². The third-order valence-corrected chi connectivity index (χ3v) is 14.3. The van der Waals surface area contributed by atoms with Gasteiger partial charge in [0.15, 0.2) is 0 Å². The summed E-state index contributed by atoms with van der Waals surface area (Å²) < 4.78 is 34.9. The minimum Gasteiger partial charge on any atom is -0.756 e. The zero-order valence-electron chi connectivity index (χ0n) is 45.6. The lowest BCUT2D eigenvalue weighted by molar-refractivity contribution is -0.870. The van der Waals surface area contributed by atoms with Gasteiger partial charge in [0.1, 0.15) is 19.3 Å². The molecule has 0 N–H and O–H groups in total. The van der Waals surface area contributed by atoms with E-state index in [9.17, 15) is 14.3 Å². The molecule has 0 aromatic rings. The molecule has 0 spiro atoms. The fraction of sp³-hybridized carbons (Fsp3) is 0.948. The number of unbranched alkanes of at least 4 members (excludes halogenated alkanes) is 40. The van der Waals surface area contributed by atoms with Gasteiger partial charge < -0.3 is 27.9 Å². The van der Waals surface area contributed by atoms with E-state index in [1.807, 2.05) is 21.1 Å². The molecular formula is C58H116NO7P.